The van der Waals surface area contributed by atoms with Gasteiger partial charge in [0.2, 0.25) is 0 Å². The van der Waals surface area contributed by atoms with Crippen LogP contribution in [-0.2, 0) is 4.79 Å². The van der Waals surface area contributed by atoms with Crippen LogP contribution in [0.4, 0.5) is 0 Å². The van der Waals surface area contributed by atoms with Gasteiger partial charge in [0.05, 0.1) is 5.57 Å². The smallest absolute Gasteiger partial charge is 0.337 e. The van der Waals surface area contributed by atoms with Crippen molar-refractivity contribution in [3.05, 3.63) is 57.2 Å². The molecule has 0 aliphatic heterocycles. The molecule has 0 atom stereocenters. The number of carbonyl (C=O) groups is 1. The molecule has 0 amide bonds. The van der Waals surface area contributed by atoms with Gasteiger partial charge >= 0.3 is 5.97 Å². The number of hydrogen-bond donors (Lipinski definition) is 1. The van der Waals surface area contributed by atoms with Crippen molar-refractivity contribution >= 4 is 40.6 Å². The summed E-state index contributed by atoms with van der Waals surface area (Å²) in [5.74, 6) is -0.928. The standard InChI is InChI=1S/C13H9ClO2S/c14-10-5-3-9(4-6-10)8-11(13(15)16)12-2-1-7-17-12/h1-8H,(H,15,16). The lowest BCUT2D eigenvalue weighted by molar-refractivity contribution is -0.130. The molecule has 1 N–H and O–H groups in total. The van der Waals surface area contributed by atoms with Crippen LogP contribution >= 0.6 is 22.9 Å². The number of carboxylic acid groups (broad SMARTS) is 1. The molecule has 0 aliphatic carbocycles. The van der Waals surface area contributed by atoms with Crippen LogP contribution in [0.5, 0.6) is 0 Å². The third kappa shape index (κ3) is 2.96. The quantitative estimate of drug-likeness (QED) is 0.850. The zero-order valence-corrected chi connectivity index (χ0v) is 10.3. The van der Waals surface area contributed by atoms with Gasteiger partial charge in [-0.05, 0) is 35.2 Å². The molecule has 0 spiro atoms. The fraction of sp³-hybridized carbons (Fsp3) is 0. The predicted molar refractivity (Wildman–Crippen MR) is 71.3 cm³/mol. The monoisotopic (exact) mass is 264 g/mol. The van der Waals surface area contributed by atoms with Gasteiger partial charge in [-0.2, -0.15) is 0 Å². The highest BCUT2D eigenvalue weighted by Crippen LogP contribution is 2.23. The summed E-state index contributed by atoms with van der Waals surface area (Å²) in [5, 5.41) is 11.7. The van der Waals surface area contributed by atoms with E-state index in [1.54, 1.807) is 36.4 Å². The summed E-state index contributed by atoms with van der Waals surface area (Å²) in [4.78, 5) is 11.9. The minimum Gasteiger partial charge on any atom is -0.478 e. The highest BCUT2D eigenvalue weighted by molar-refractivity contribution is 7.11. The molecule has 0 saturated heterocycles. The van der Waals surface area contributed by atoms with Gasteiger partial charge in [-0.1, -0.05) is 29.8 Å². The zero-order valence-electron chi connectivity index (χ0n) is 8.76. The number of halogens is 1. The molecule has 0 bridgehead atoms. The number of aliphatic carboxylic acids is 1. The molecule has 0 radical (unpaired) electrons. The van der Waals surface area contributed by atoms with Gasteiger partial charge in [0.15, 0.2) is 0 Å². The van der Waals surface area contributed by atoms with Crippen LogP contribution in [0.25, 0.3) is 11.6 Å². The molecule has 4 heteroatoms. The minimum atomic E-state index is -0.928. The lowest BCUT2D eigenvalue weighted by Gasteiger charge is -2.00. The van der Waals surface area contributed by atoms with Gasteiger partial charge in [0, 0.05) is 9.90 Å². The summed E-state index contributed by atoms with van der Waals surface area (Å²) in [7, 11) is 0. The van der Waals surface area contributed by atoms with Gasteiger partial charge in [-0.15, -0.1) is 11.3 Å². The van der Waals surface area contributed by atoms with Crippen LogP contribution in [-0.4, -0.2) is 11.1 Å². The first kappa shape index (κ1) is 11.9. The second-order valence-electron chi connectivity index (χ2n) is 3.39. The molecule has 0 fully saturated rings. The lowest BCUT2D eigenvalue weighted by Crippen LogP contribution is -1.97. The van der Waals surface area contributed by atoms with Crippen molar-refractivity contribution < 1.29 is 9.90 Å². The topological polar surface area (TPSA) is 37.3 Å². The van der Waals surface area contributed by atoms with E-state index in [2.05, 4.69) is 0 Å². The van der Waals surface area contributed by atoms with E-state index in [1.165, 1.54) is 11.3 Å². The average Bonchev–Trinajstić information content (AvgIpc) is 2.81. The highest BCUT2D eigenvalue weighted by Gasteiger charge is 2.10. The third-order valence-electron chi connectivity index (χ3n) is 2.20. The molecule has 1 aromatic heterocycles. The Balaban J connectivity index is 2.40. The van der Waals surface area contributed by atoms with E-state index in [0.717, 1.165) is 10.4 Å². The Kier molecular flexibility index (Phi) is 3.61. The van der Waals surface area contributed by atoms with E-state index in [9.17, 15) is 9.90 Å². The number of rotatable bonds is 3. The average molecular weight is 265 g/mol. The highest BCUT2D eigenvalue weighted by atomic mass is 35.5. The van der Waals surface area contributed by atoms with Crippen molar-refractivity contribution in [1.29, 1.82) is 0 Å². The fourth-order valence-corrected chi connectivity index (χ4v) is 2.26. The Morgan fingerprint density at radius 1 is 1.24 bits per heavy atom. The van der Waals surface area contributed by atoms with Crippen molar-refractivity contribution in [2.75, 3.05) is 0 Å². The molecule has 2 nitrogen and oxygen atoms in total. The molecule has 2 aromatic rings. The van der Waals surface area contributed by atoms with Crippen molar-refractivity contribution in [3.63, 3.8) is 0 Å². The number of hydrogen-bond acceptors (Lipinski definition) is 2. The van der Waals surface area contributed by atoms with Crippen LogP contribution in [0.1, 0.15) is 10.4 Å². The van der Waals surface area contributed by atoms with Crippen LogP contribution in [0.15, 0.2) is 41.8 Å². The van der Waals surface area contributed by atoms with Crippen LogP contribution < -0.4 is 0 Å². The van der Waals surface area contributed by atoms with Gasteiger partial charge in [-0.25, -0.2) is 4.79 Å². The van der Waals surface area contributed by atoms with Gasteiger partial charge < -0.3 is 5.11 Å². The van der Waals surface area contributed by atoms with Gasteiger partial charge in [0.25, 0.3) is 0 Å². The molecular weight excluding hydrogens is 256 g/mol. The van der Waals surface area contributed by atoms with E-state index in [1.807, 2.05) is 11.4 Å². The van der Waals surface area contributed by atoms with Crippen LogP contribution in [0, 0.1) is 0 Å². The molecule has 0 unspecified atom stereocenters. The van der Waals surface area contributed by atoms with E-state index >= 15 is 0 Å². The minimum absolute atomic E-state index is 0.294. The van der Waals surface area contributed by atoms with Crippen molar-refractivity contribution in [2.45, 2.75) is 0 Å². The SMILES string of the molecule is O=C(O)C(=Cc1ccc(Cl)cc1)c1cccs1. The Morgan fingerprint density at radius 3 is 2.47 bits per heavy atom. The van der Waals surface area contributed by atoms with E-state index in [0.29, 0.717) is 10.6 Å². The van der Waals surface area contributed by atoms with E-state index in [-0.39, 0.29) is 0 Å². The molecule has 1 aromatic carbocycles. The normalized spacial score (nSPS) is 11.5. The first-order chi connectivity index (χ1) is 8.16. The first-order valence-electron chi connectivity index (χ1n) is 4.91. The fourth-order valence-electron chi connectivity index (χ4n) is 1.40. The van der Waals surface area contributed by atoms with Crippen molar-refractivity contribution in [1.82, 2.24) is 0 Å². The summed E-state index contributed by atoms with van der Waals surface area (Å²) in [6, 6.07) is 10.7. The molecule has 17 heavy (non-hydrogen) atoms. The first-order valence-corrected chi connectivity index (χ1v) is 6.17. The zero-order chi connectivity index (χ0) is 12.3. The second kappa shape index (κ2) is 5.17. The lowest BCUT2D eigenvalue weighted by atomic mass is 10.1. The van der Waals surface area contributed by atoms with E-state index < -0.39 is 5.97 Å². The maximum absolute atomic E-state index is 11.2. The van der Waals surface area contributed by atoms with Gasteiger partial charge in [-0.3, -0.25) is 0 Å². The molecule has 0 aliphatic rings. The molecule has 1 heterocycles. The summed E-state index contributed by atoms with van der Waals surface area (Å²) in [6.07, 6.45) is 1.64. The van der Waals surface area contributed by atoms with Gasteiger partial charge in [0.1, 0.15) is 0 Å². The van der Waals surface area contributed by atoms with Crippen LogP contribution in [0.3, 0.4) is 0 Å². The largest absolute Gasteiger partial charge is 0.478 e. The number of carboxylic acids is 1. The Hall–Kier alpha value is -1.58. The number of benzene rings is 1. The summed E-state index contributed by atoms with van der Waals surface area (Å²) in [6.45, 7) is 0. The maximum Gasteiger partial charge on any atom is 0.337 e. The second-order valence-corrected chi connectivity index (χ2v) is 4.78. The predicted octanol–water partition coefficient (Wildman–Crippen LogP) is 4.03. The molecule has 2 rings (SSSR count). The number of thiophene rings is 1. The van der Waals surface area contributed by atoms with E-state index in [4.69, 9.17) is 11.6 Å². The van der Waals surface area contributed by atoms with Crippen LogP contribution in [0.2, 0.25) is 5.02 Å². The maximum atomic E-state index is 11.2. The van der Waals surface area contributed by atoms with Crippen molar-refractivity contribution in [2.24, 2.45) is 0 Å². The summed E-state index contributed by atoms with van der Waals surface area (Å²) in [5.41, 5.74) is 1.11. The Bertz CT molecular complexity index is 541. The molecular formula is C13H9ClO2S. The molecule has 0 saturated carbocycles. The summed E-state index contributed by atoms with van der Waals surface area (Å²) < 4.78 is 0. The Labute approximate surface area is 108 Å². The summed E-state index contributed by atoms with van der Waals surface area (Å²) >= 11 is 7.18. The Morgan fingerprint density at radius 2 is 1.94 bits per heavy atom. The van der Waals surface area contributed by atoms with Crippen molar-refractivity contribution in [3.8, 4) is 0 Å². The third-order valence-corrected chi connectivity index (χ3v) is 3.35. The molecule has 86 valence electrons.